The average Bonchev–Trinajstić information content (AvgIpc) is 2.70. The summed E-state index contributed by atoms with van der Waals surface area (Å²) in [6.45, 7) is 2.85. The predicted octanol–water partition coefficient (Wildman–Crippen LogP) is 1.58. The summed E-state index contributed by atoms with van der Waals surface area (Å²) in [4.78, 5) is 13.6. The molecular formula is C14H20N2O2. The highest BCUT2D eigenvalue weighted by molar-refractivity contribution is 5.83. The van der Waals surface area contributed by atoms with Crippen LogP contribution >= 0.6 is 0 Å². The highest BCUT2D eigenvalue weighted by atomic mass is 16.5. The van der Waals surface area contributed by atoms with Crippen molar-refractivity contribution in [2.24, 2.45) is 0 Å². The third-order valence-corrected chi connectivity index (χ3v) is 3.47. The number of hydrogen-bond donors (Lipinski definition) is 1. The number of likely N-dealkylation sites (tertiary alicyclic amines) is 1. The first-order valence-corrected chi connectivity index (χ1v) is 6.31. The molecule has 0 bridgehead atoms. The molecule has 1 fully saturated rings. The van der Waals surface area contributed by atoms with E-state index < -0.39 is 0 Å². The van der Waals surface area contributed by atoms with Crippen molar-refractivity contribution < 1.29 is 9.53 Å². The van der Waals surface area contributed by atoms with Crippen molar-refractivity contribution >= 4 is 5.91 Å². The number of rotatable bonds is 4. The highest BCUT2D eigenvalue weighted by Crippen LogP contribution is 2.27. The van der Waals surface area contributed by atoms with E-state index in [9.17, 15) is 4.79 Å². The molecule has 0 aliphatic carbocycles. The smallest absolute Gasteiger partial charge is 0.263 e. The maximum absolute atomic E-state index is 11.8. The lowest BCUT2D eigenvalue weighted by Crippen LogP contribution is -2.30. The Morgan fingerprint density at radius 3 is 2.78 bits per heavy atom. The molecule has 4 nitrogen and oxygen atoms in total. The topological polar surface area (TPSA) is 41.6 Å². The minimum Gasteiger partial charge on any atom is -0.480 e. The number of amides is 1. The Morgan fingerprint density at radius 1 is 1.44 bits per heavy atom. The molecule has 4 heteroatoms. The van der Waals surface area contributed by atoms with Crippen LogP contribution in [0.4, 0.5) is 0 Å². The van der Waals surface area contributed by atoms with Crippen LogP contribution in [0.3, 0.4) is 0 Å². The van der Waals surface area contributed by atoms with Gasteiger partial charge in [-0.3, -0.25) is 4.79 Å². The van der Waals surface area contributed by atoms with Gasteiger partial charge in [-0.2, -0.15) is 0 Å². The number of nitrogens with one attached hydrogen (secondary N) is 1. The lowest BCUT2D eigenvalue weighted by Gasteiger charge is -2.19. The van der Waals surface area contributed by atoms with E-state index in [0.29, 0.717) is 0 Å². The summed E-state index contributed by atoms with van der Waals surface area (Å²) >= 11 is 0. The van der Waals surface area contributed by atoms with Crippen LogP contribution in [0, 0.1) is 0 Å². The average molecular weight is 248 g/mol. The van der Waals surface area contributed by atoms with E-state index in [2.05, 4.69) is 12.2 Å². The van der Waals surface area contributed by atoms with Gasteiger partial charge in [0.25, 0.3) is 5.91 Å². The molecule has 1 N–H and O–H groups in total. The zero-order valence-corrected chi connectivity index (χ0v) is 11.1. The fourth-order valence-corrected chi connectivity index (χ4v) is 2.15. The standard InChI is InChI=1S/C14H20N2O2/c1-10(15-2)11-6-4-5-7-12(11)18-13-8-9-16(3)14(13)17/h4-7,10,13,15H,8-9H2,1-3H3. The maximum Gasteiger partial charge on any atom is 0.263 e. The van der Waals surface area contributed by atoms with Crippen LogP contribution in [0.5, 0.6) is 5.75 Å². The molecule has 2 rings (SSSR count). The Labute approximate surface area is 108 Å². The summed E-state index contributed by atoms with van der Waals surface area (Å²) in [6, 6.07) is 8.08. The van der Waals surface area contributed by atoms with E-state index in [4.69, 9.17) is 4.74 Å². The summed E-state index contributed by atoms with van der Waals surface area (Å²) in [7, 11) is 3.73. The Hall–Kier alpha value is -1.55. The third-order valence-electron chi connectivity index (χ3n) is 3.47. The molecule has 1 aromatic carbocycles. The Kier molecular flexibility index (Phi) is 3.87. The molecule has 2 unspecified atom stereocenters. The van der Waals surface area contributed by atoms with E-state index in [1.54, 1.807) is 4.90 Å². The van der Waals surface area contributed by atoms with E-state index in [1.165, 1.54) is 0 Å². The molecule has 1 heterocycles. The van der Waals surface area contributed by atoms with Crippen LogP contribution in [0.15, 0.2) is 24.3 Å². The first kappa shape index (κ1) is 12.9. The normalized spacial score (nSPS) is 21.2. The molecule has 1 saturated heterocycles. The van der Waals surface area contributed by atoms with Gasteiger partial charge in [-0.15, -0.1) is 0 Å². The van der Waals surface area contributed by atoms with Crippen molar-refractivity contribution in [3.05, 3.63) is 29.8 Å². The van der Waals surface area contributed by atoms with Crippen molar-refractivity contribution in [3.63, 3.8) is 0 Å². The van der Waals surface area contributed by atoms with Gasteiger partial charge in [-0.1, -0.05) is 18.2 Å². The molecule has 1 aromatic rings. The number of carbonyl (C=O) groups is 1. The highest BCUT2D eigenvalue weighted by Gasteiger charge is 2.31. The lowest BCUT2D eigenvalue weighted by atomic mass is 10.1. The Balaban J connectivity index is 2.16. The van der Waals surface area contributed by atoms with E-state index in [0.717, 1.165) is 24.3 Å². The quantitative estimate of drug-likeness (QED) is 0.879. The number of carbonyl (C=O) groups excluding carboxylic acids is 1. The predicted molar refractivity (Wildman–Crippen MR) is 70.6 cm³/mol. The molecule has 1 aliphatic heterocycles. The van der Waals surface area contributed by atoms with E-state index >= 15 is 0 Å². The molecule has 18 heavy (non-hydrogen) atoms. The van der Waals surface area contributed by atoms with Gasteiger partial charge in [-0.25, -0.2) is 0 Å². The number of ether oxygens (including phenoxy) is 1. The molecule has 98 valence electrons. The largest absolute Gasteiger partial charge is 0.480 e. The van der Waals surface area contributed by atoms with Crippen LogP contribution in [-0.4, -0.2) is 37.6 Å². The molecule has 1 amide bonds. The third kappa shape index (κ3) is 2.48. The zero-order chi connectivity index (χ0) is 13.1. The molecule has 1 aliphatic rings. The van der Waals surface area contributed by atoms with Gasteiger partial charge in [-0.05, 0) is 20.0 Å². The van der Waals surface area contributed by atoms with Crippen molar-refractivity contribution in [2.45, 2.75) is 25.5 Å². The van der Waals surface area contributed by atoms with Crippen LogP contribution in [0.1, 0.15) is 24.9 Å². The summed E-state index contributed by atoms with van der Waals surface area (Å²) in [5, 5.41) is 3.19. The van der Waals surface area contributed by atoms with Gasteiger partial charge in [0.15, 0.2) is 6.10 Å². The first-order chi connectivity index (χ1) is 8.63. The Bertz CT molecular complexity index is 434. The van der Waals surface area contributed by atoms with Gasteiger partial charge >= 0.3 is 0 Å². The number of hydrogen-bond acceptors (Lipinski definition) is 3. The van der Waals surface area contributed by atoms with Gasteiger partial charge in [0.05, 0.1) is 0 Å². The number of nitrogens with zero attached hydrogens (tertiary/aromatic N) is 1. The van der Waals surface area contributed by atoms with E-state index in [1.807, 2.05) is 38.4 Å². The minimum atomic E-state index is -0.333. The number of likely N-dealkylation sites (N-methyl/N-ethyl adjacent to an activating group) is 1. The fraction of sp³-hybridized carbons (Fsp3) is 0.500. The SMILES string of the molecule is CNC(C)c1ccccc1OC1CCN(C)C1=O. The molecule has 0 saturated carbocycles. The summed E-state index contributed by atoms with van der Waals surface area (Å²) in [6.07, 6.45) is 0.428. The number of benzene rings is 1. The van der Waals surface area contributed by atoms with E-state index in [-0.39, 0.29) is 18.1 Å². The van der Waals surface area contributed by atoms with Crippen LogP contribution in [0.25, 0.3) is 0 Å². The van der Waals surface area contributed by atoms with Crippen LogP contribution < -0.4 is 10.1 Å². The Morgan fingerprint density at radius 2 is 2.17 bits per heavy atom. The number of para-hydroxylation sites is 1. The zero-order valence-electron chi connectivity index (χ0n) is 11.1. The monoisotopic (exact) mass is 248 g/mol. The molecule has 0 spiro atoms. The second kappa shape index (κ2) is 5.40. The second-order valence-electron chi connectivity index (χ2n) is 4.70. The summed E-state index contributed by atoms with van der Waals surface area (Å²) < 4.78 is 5.88. The summed E-state index contributed by atoms with van der Waals surface area (Å²) in [5.41, 5.74) is 1.09. The maximum atomic E-state index is 11.8. The molecule has 2 atom stereocenters. The first-order valence-electron chi connectivity index (χ1n) is 6.31. The van der Waals surface area contributed by atoms with Crippen molar-refractivity contribution in [2.75, 3.05) is 20.6 Å². The van der Waals surface area contributed by atoms with Crippen LogP contribution in [0.2, 0.25) is 0 Å². The van der Waals surface area contributed by atoms with Crippen molar-refractivity contribution in [1.82, 2.24) is 10.2 Å². The van der Waals surface area contributed by atoms with Gasteiger partial charge in [0.2, 0.25) is 0 Å². The van der Waals surface area contributed by atoms with Crippen molar-refractivity contribution in [1.29, 1.82) is 0 Å². The van der Waals surface area contributed by atoms with Crippen molar-refractivity contribution in [3.8, 4) is 5.75 Å². The van der Waals surface area contributed by atoms with Gasteiger partial charge < -0.3 is 15.0 Å². The molecule has 0 radical (unpaired) electrons. The molecular weight excluding hydrogens is 228 g/mol. The fourth-order valence-electron chi connectivity index (χ4n) is 2.15. The lowest BCUT2D eigenvalue weighted by molar-refractivity contribution is -0.132. The van der Waals surface area contributed by atoms with Crippen LogP contribution in [-0.2, 0) is 4.79 Å². The van der Waals surface area contributed by atoms with Gasteiger partial charge in [0.1, 0.15) is 5.75 Å². The van der Waals surface area contributed by atoms with Gasteiger partial charge in [0, 0.05) is 31.6 Å². The summed E-state index contributed by atoms with van der Waals surface area (Å²) in [5.74, 6) is 0.870. The molecule has 0 aromatic heterocycles. The minimum absolute atomic E-state index is 0.0712. The second-order valence-corrected chi connectivity index (χ2v) is 4.70.